The van der Waals surface area contributed by atoms with Gasteiger partial charge in [-0.25, -0.2) is 0 Å². The van der Waals surface area contributed by atoms with Crippen molar-refractivity contribution in [3.8, 4) is 22.3 Å². The molecule has 0 heterocycles. The van der Waals surface area contributed by atoms with Crippen LogP contribution in [0.2, 0.25) is 0 Å². The quantitative estimate of drug-likeness (QED) is 0.573. The molecule has 0 saturated carbocycles. The van der Waals surface area contributed by atoms with Crippen LogP contribution in [0, 0.1) is 6.92 Å². The second-order valence-electron chi connectivity index (χ2n) is 6.69. The molecule has 3 aromatic carbocycles. The van der Waals surface area contributed by atoms with Crippen molar-refractivity contribution < 1.29 is 5.11 Å². The van der Waals surface area contributed by atoms with Gasteiger partial charge < -0.3 is 5.11 Å². The summed E-state index contributed by atoms with van der Waals surface area (Å²) in [5.41, 5.74) is 8.51. The first-order valence-electron chi connectivity index (χ1n) is 9.11. The third-order valence-corrected chi connectivity index (χ3v) is 4.78. The molecule has 0 aliphatic rings. The molecule has 0 saturated heterocycles. The molecule has 3 rings (SSSR count). The Labute approximate surface area is 151 Å². The van der Waals surface area contributed by atoms with Crippen molar-refractivity contribution in [2.24, 2.45) is 0 Å². The Morgan fingerprint density at radius 3 is 1.84 bits per heavy atom. The van der Waals surface area contributed by atoms with Gasteiger partial charge in [-0.2, -0.15) is 0 Å². The summed E-state index contributed by atoms with van der Waals surface area (Å²) >= 11 is 0. The molecule has 1 nitrogen and oxygen atoms in total. The second kappa shape index (κ2) is 8.13. The van der Waals surface area contributed by atoms with Crippen molar-refractivity contribution in [3.05, 3.63) is 83.4 Å². The summed E-state index contributed by atoms with van der Waals surface area (Å²) in [6.45, 7) is 4.42. The molecule has 0 spiro atoms. The fourth-order valence-electron chi connectivity index (χ4n) is 3.24. The zero-order valence-electron chi connectivity index (χ0n) is 15.1. The predicted octanol–water partition coefficient (Wildman–Crippen LogP) is 6.16. The number of hydrogen-bond acceptors (Lipinski definition) is 1. The second-order valence-corrected chi connectivity index (χ2v) is 6.69. The number of benzene rings is 3. The number of aliphatic hydroxyl groups is 1. The van der Waals surface area contributed by atoms with E-state index in [0.717, 1.165) is 5.56 Å². The van der Waals surface area contributed by atoms with E-state index in [1.54, 1.807) is 0 Å². The lowest BCUT2D eigenvalue weighted by molar-refractivity contribution is 0.282. The minimum absolute atomic E-state index is 0.0916. The van der Waals surface area contributed by atoms with Crippen LogP contribution in [0.1, 0.15) is 36.5 Å². The lowest BCUT2D eigenvalue weighted by Crippen LogP contribution is -1.89. The molecule has 0 atom stereocenters. The SMILES string of the molecule is CCCCc1ccc(-c2ccc(-c3ccc(CO)cc3C)cc2)cc1. The Hall–Kier alpha value is -2.38. The largest absolute Gasteiger partial charge is 0.392 e. The smallest absolute Gasteiger partial charge is 0.0681 e. The van der Waals surface area contributed by atoms with Crippen LogP contribution in [0.15, 0.2) is 66.7 Å². The van der Waals surface area contributed by atoms with E-state index >= 15 is 0 Å². The van der Waals surface area contributed by atoms with Gasteiger partial charge in [0, 0.05) is 0 Å². The van der Waals surface area contributed by atoms with Crippen molar-refractivity contribution in [2.45, 2.75) is 39.7 Å². The van der Waals surface area contributed by atoms with Crippen LogP contribution in [0.3, 0.4) is 0 Å². The normalized spacial score (nSPS) is 10.8. The van der Waals surface area contributed by atoms with E-state index in [1.165, 1.54) is 52.6 Å². The molecule has 0 unspecified atom stereocenters. The van der Waals surface area contributed by atoms with Crippen LogP contribution < -0.4 is 0 Å². The molecule has 0 amide bonds. The van der Waals surface area contributed by atoms with Gasteiger partial charge in [0.15, 0.2) is 0 Å². The summed E-state index contributed by atoms with van der Waals surface area (Å²) in [6.07, 6.45) is 3.66. The van der Waals surface area contributed by atoms with Crippen molar-refractivity contribution in [2.75, 3.05) is 0 Å². The molecule has 0 fully saturated rings. The van der Waals surface area contributed by atoms with Gasteiger partial charge in [-0.05, 0) is 58.7 Å². The van der Waals surface area contributed by atoms with Crippen LogP contribution in [0.25, 0.3) is 22.3 Å². The van der Waals surface area contributed by atoms with Crippen molar-refractivity contribution in [3.63, 3.8) is 0 Å². The van der Waals surface area contributed by atoms with E-state index < -0.39 is 0 Å². The topological polar surface area (TPSA) is 20.2 Å². The van der Waals surface area contributed by atoms with Gasteiger partial charge in [-0.1, -0.05) is 80.1 Å². The molecule has 128 valence electrons. The monoisotopic (exact) mass is 330 g/mol. The fraction of sp³-hybridized carbons (Fsp3) is 0.250. The average Bonchev–Trinajstić information content (AvgIpc) is 2.67. The molecule has 1 heteroatoms. The Balaban J connectivity index is 1.80. The van der Waals surface area contributed by atoms with Crippen LogP contribution >= 0.6 is 0 Å². The Morgan fingerprint density at radius 2 is 1.28 bits per heavy atom. The Kier molecular flexibility index (Phi) is 5.67. The summed E-state index contributed by atoms with van der Waals surface area (Å²) in [5, 5.41) is 9.25. The summed E-state index contributed by atoms with van der Waals surface area (Å²) in [6, 6.07) is 23.8. The van der Waals surface area contributed by atoms with Crippen molar-refractivity contribution >= 4 is 0 Å². The highest BCUT2D eigenvalue weighted by Gasteiger charge is 2.04. The minimum atomic E-state index is 0.0916. The highest BCUT2D eigenvalue weighted by Crippen LogP contribution is 2.28. The maximum Gasteiger partial charge on any atom is 0.0681 e. The molecule has 0 bridgehead atoms. The van der Waals surface area contributed by atoms with E-state index in [0.29, 0.717) is 0 Å². The molecule has 25 heavy (non-hydrogen) atoms. The van der Waals surface area contributed by atoms with Crippen LogP contribution in [0.5, 0.6) is 0 Å². The van der Waals surface area contributed by atoms with Gasteiger partial charge in [0.25, 0.3) is 0 Å². The first kappa shape index (κ1) is 17.4. The first-order valence-corrected chi connectivity index (χ1v) is 9.11. The highest BCUT2D eigenvalue weighted by atomic mass is 16.3. The van der Waals surface area contributed by atoms with E-state index in [1.807, 2.05) is 6.07 Å². The highest BCUT2D eigenvalue weighted by molar-refractivity contribution is 5.72. The fourth-order valence-corrected chi connectivity index (χ4v) is 3.24. The lowest BCUT2D eigenvalue weighted by Gasteiger charge is -2.09. The number of unbranched alkanes of at least 4 members (excludes halogenated alkanes) is 1. The number of hydrogen-bond donors (Lipinski definition) is 1. The van der Waals surface area contributed by atoms with Crippen LogP contribution in [0.4, 0.5) is 0 Å². The van der Waals surface area contributed by atoms with Gasteiger partial charge in [-0.3, -0.25) is 0 Å². The van der Waals surface area contributed by atoms with Crippen LogP contribution in [-0.4, -0.2) is 5.11 Å². The molecule has 0 radical (unpaired) electrons. The average molecular weight is 330 g/mol. The first-order chi connectivity index (χ1) is 12.2. The van der Waals surface area contributed by atoms with E-state index in [-0.39, 0.29) is 6.61 Å². The molecule has 3 aromatic rings. The van der Waals surface area contributed by atoms with Gasteiger partial charge in [0.2, 0.25) is 0 Å². The predicted molar refractivity (Wildman–Crippen MR) is 107 cm³/mol. The maximum absolute atomic E-state index is 9.25. The van der Waals surface area contributed by atoms with Gasteiger partial charge in [0.05, 0.1) is 6.61 Å². The summed E-state index contributed by atoms with van der Waals surface area (Å²) in [5.74, 6) is 0. The van der Waals surface area contributed by atoms with E-state index in [2.05, 4.69) is 74.5 Å². The van der Waals surface area contributed by atoms with Crippen molar-refractivity contribution in [1.29, 1.82) is 0 Å². The zero-order chi connectivity index (χ0) is 17.6. The Morgan fingerprint density at radius 1 is 0.720 bits per heavy atom. The minimum Gasteiger partial charge on any atom is -0.392 e. The van der Waals surface area contributed by atoms with Gasteiger partial charge in [-0.15, -0.1) is 0 Å². The zero-order valence-corrected chi connectivity index (χ0v) is 15.1. The Bertz CT molecular complexity index is 814. The summed E-state index contributed by atoms with van der Waals surface area (Å²) < 4.78 is 0. The van der Waals surface area contributed by atoms with Crippen LogP contribution in [-0.2, 0) is 13.0 Å². The van der Waals surface area contributed by atoms with Gasteiger partial charge >= 0.3 is 0 Å². The standard InChI is InChI=1S/C24H26O/c1-3-4-5-19-6-9-21(10-7-19)22-11-13-23(14-12-22)24-15-8-20(17-25)16-18(24)2/h6-16,25H,3-5,17H2,1-2H3. The maximum atomic E-state index is 9.25. The summed E-state index contributed by atoms with van der Waals surface area (Å²) in [7, 11) is 0. The molecule has 0 aliphatic heterocycles. The van der Waals surface area contributed by atoms with Gasteiger partial charge in [0.1, 0.15) is 0 Å². The third kappa shape index (κ3) is 4.18. The molecular weight excluding hydrogens is 304 g/mol. The molecule has 1 N–H and O–H groups in total. The van der Waals surface area contributed by atoms with Crippen molar-refractivity contribution in [1.82, 2.24) is 0 Å². The molecule has 0 aliphatic carbocycles. The molecule has 0 aromatic heterocycles. The number of aryl methyl sites for hydroxylation is 2. The van der Waals surface area contributed by atoms with E-state index in [9.17, 15) is 5.11 Å². The van der Waals surface area contributed by atoms with E-state index in [4.69, 9.17) is 0 Å². The molecular formula is C24H26O. The summed E-state index contributed by atoms with van der Waals surface area (Å²) in [4.78, 5) is 0. The number of aliphatic hydroxyl groups excluding tert-OH is 1. The third-order valence-electron chi connectivity index (χ3n) is 4.78. The lowest BCUT2D eigenvalue weighted by atomic mass is 9.96. The number of rotatable bonds is 6.